The maximum atomic E-state index is 5.92. The molecule has 6 heteroatoms. The Kier molecular flexibility index (Phi) is 4.73. The van der Waals surface area contributed by atoms with Crippen molar-refractivity contribution in [3.05, 3.63) is 107 Å². The molecule has 0 saturated carbocycles. The summed E-state index contributed by atoms with van der Waals surface area (Å²) < 4.78 is 7.70. The number of aryl methyl sites for hydroxylation is 1. The van der Waals surface area contributed by atoms with Gasteiger partial charge in [-0.05, 0) is 52.2 Å². The number of hydrogen-bond donors (Lipinski definition) is 1. The average molecular weight is 395 g/mol. The molecule has 2 heterocycles. The number of tetrazole rings is 1. The lowest BCUT2D eigenvalue weighted by Crippen LogP contribution is -2.20. The molecular weight excluding hydrogens is 374 g/mol. The predicted octanol–water partition coefficient (Wildman–Crippen LogP) is 4.62. The normalized spacial score (nSPS) is 15.1. The molecule has 0 bridgehead atoms. The van der Waals surface area contributed by atoms with Crippen LogP contribution in [0.25, 0.3) is 5.70 Å². The van der Waals surface area contributed by atoms with E-state index in [-0.39, 0.29) is 6.04 Å². The van der Waals surface area contributed by atoms with E-state index in [1.54, 1.807) is 4.68 Å². The van der Waals surface area contributed by atoms with Gasteiger partial charge in [-0.25, -0.2) is 0 Å². The van der Waals surface area contributed by atoms with Crippen molar-refractivity contribution in [1.82, 2.24) is 20.2 Å². The first kappa shape index (κ1) is 18.1. The summed E-state index contributed by atoms with van der Waals surface area (Å²) in [5, 5.41) is 15.5. The second-order valence-electron chi connectivity index (χ2n) is 7.31. The van der Waals surface area contributed by atoms with Gasteiger partial charge in [0.15, 0.2) is 0 Å². The van der Waals surface area contributed by atoms with Crippen molar-refractivity contribution in [3.8, 4) is 5.75 Å². The van der Waals surface area contributed by atoms with Crippen molar-refractivity contribution in [2.24, 2.45) is 0 Å². The highest BCUT2D eigenvalue weighted by molar-refractivity contribution is 5.77. The zero-order chi connectivity index (χ0) is 20.3. The van der Waals surface area contributed by atoms with E-state index in [0.717, 1.165) is 28.1 Å². The molecule has 6 nitrogen and oxygen atoms in total. The van der Waals surface area contributed by atoms with Crippen LogP contribution in [0.3, 0.4) is 0 Å². The van der Waals surface area contributed by atoms with E-state index in [1.165, 1.54) is 5.56 Å². The van der Waals surface area contributed by atoms with Crippen LogP contribution in [0.1, 0.15) is 28.3 Å². The van der Waals surface area contributed by atoms with Crippen molar-refractivity contribution >= 4 is 11.6 Å². The first-order valence-electron chi connectivity index (χ1n) is 9.87. The molecule has 1 aliphatic rings. The van der Waals surface area contributed by atoms with Crippen molar-refractivity contribution in [2.45, 2.75) is 19.6 Å². The van der Waals surface area contributed by atoms with E-state index in [9.17, 15) is 0 Å². The van der Waals surface area contributed by atoms with Gasteiger partial charge in [0.25, 0.3) is 0 Å². The molecule has 4 aromatic rings. The average Bonchev–Trinajstić information content (AvgIpc) is 3.27. The van der Waals surface area contributed by atoms with Gasteiger partial charge in [-0.2, -0.15) is 4.68 Å². The second-order valence-corrected chi connectivity index (χ2v) is 7.31. The van der Waals surface area contributed by atoms with Crippen molar-refractivity contribution in [2.75, 3.05) is 5.32 Å². The Bertz CT molecular complexity index is 1160. The van der Waals surface area contributed by atoms with Gasteiger partial charge in [0.2, 0.25) is 5.95 Å². The summed E-state index contributed by atoms with van der Waals surface area (Å²) in [6.07, 6.45) is 2.15. The zero-order valence-corrected chi connectivity index (χ0v) is 16.6. The topological polar surface area (TPSA) is 64.9 Å². The molecule has 30 heavy (non-hydrogen) atoms. The number of anilines is 1. The number of rotatable bonds is 5. The van der Waals surface area contributed by atoms with Gasteiger partial charge in [-0.15, -0.1) is 0 Å². The number of benzene rings is 3. The third kappa shape index (κ3) is 3.67. The highest BCUT2D eigenvalue weighted by atomic mass is 16.5. The lowest BCUT2D eigenvalue weighted by Gasteiger charge is -2.23. The molecule has 1 N–H and O–H groups in total. The van der Waals surface area contributed by atoms with E-state index in [4.69, 9.17) is 4.74 Å². The SMILES string of the molecule is Cc1ccc(C2=CC(c3ccc(OCc4ccccc4)cc3)n3nnnc3N2)cc1. The fourth-order valence-electron chi connectivity index (χ4n) is 3.49. The lowest BCUT2D eigenvalue weighted by molar-refractivity contribution is 0.306. The number of aromatic nitrogens is 4. The number of nitrogens with one attached hydrogen (secondary N) is 1. The summed E-state index contributed by atoms with van der Waals surface area (Å²) in [5.41, 5.74) is 5.54. The zero-order valence-electron chi connectivity index (χ0n) is 16.6. The third-order valence-electron chi connectivity index (χ3n) is 5.16. The molecule has 1 atom stereocenters. The first-order chi connectivity index (χ1) is 14.8. The van der Waals surface area contributed by atoms with Crippen LogP contribution in [0.15, 0.2) is 84.9 Å². The van der Waals surface area contributed by atoms with Crippen molar-refractivity contribution < 1.29 is 4.74 Å². The van der Waals surface area contributed by atoms with E-state index >= 15 is 0 Å². The van der Waals surface area contributed by atoms with Gasteiger partial charge in [0.1, 0.15) is 18.4 Å². The molecule has 0 saturated heterocycles. The fraction of sp³-hybridized carbons (Fsp3) is 0.125. The summed E-state index contributed by atoms with van der Waals surface area (Å²) in [6, 6.07) is 26.5. The monoisotopic (exact) mass is 395 g/mol. The van der Waals surface area contributed by atoms with Crippen LogP contribution < -0.4 is 10.1 Å². The molecule has 1 aliphatic heterocycles. The molecule has 0 amide bonds. The van der Waals surface area contributed by atoms with Crippen LogP contribution in [-0.2, 0) is 6.61 Å². The molecule has 1 unspecified atom stereocenters. The summed E-state index contributed by atoms with van der Waals surface area (Å²) in [7, 11) is 0. The smallest absolute Gasteiger partial charge is 0.248 e. The Morgan fingerprint density at radius 1 is 0.933 bits per heavy atom. The van der Waals surface area contributed by atoms with Crippen LogP contribution in [0, 0.1) is 6.92 Å². The number of allylic oxidation sites excluding steroid dienone is 1. The summed E-state index contributed by atoms with van der Waals surface area (Å²) in [6.45, 7) is 2.62. The van der Waals surface area contributed by atoms with E-state index < -0.39 is 0 Å². The number of fused-ring (bicyclic) bond motifs is 1. The molecule has 0 spiro atoms. The van der Waals surface area contributed by atoms with Crippen molar-refractivity contribution in [1.29, 1.82) is 0 Å². The maximum Gasteiger partial charge on any atom is 0.248 e. The van der Waals surface area contributed by atoms with Gasteiger partial charge in [-0.3, -0.25) is 0 Å². The van der Waals surface area contributed by atoms with Gasteiger partial charge >= 0.3 is 0 Å². The van der Waals surface area contributed by atoms with Gasteiger partial charge in [0, 0.05) is 5.70 Å². The standard InChI is InChI=1S/C24H21N5O/c1-17-7-9-19(10-8-17)22-15-23(29-24(25-22)26-27-28-29)20-11-13-21(14-12-20)30-16-18-5-3-2-4-6-18/h2-15,23H,16H2,1H3,(H,25,26,28). The molecule has 0 aliphatic carbocycles. The van der Waals surface area contributed by atoms with Crippen LogP contribution in [0.5, 0.6) is 5.75 Å². The Balaban J connectivity index is 1.40. The van der Waals surface area contributed by atoms with E-state index in [1.807, 2.05) is 30.3 Å². The summed E-state index contributed by atoms with van der Waals surface area (Å²) >= 11 is 0. The Hall–Kier alpha value is -3.93. The van der Waals surface area contributed by atoms with Crippen LogP contribution in [-0.4, -0.2) is 20.2 Å². The minimum Gasteiger partial charge on any atom is -0.489 e. The Labute approximate surface area is 174 Å². The second kappa shape index (κ2) is 7.83. The molecule has 148 valence electrons. The number of hydrogen-bond acceptors (Lipinski definition) is 5. The van der Waals surface area contributed by atoms with Gasteiger partial charge in [-0.1, -0.05) is 77.4 Å². The van der Waals surface area contributed by atoms with Gasteiger partial charge < -0.3 is 10.1 Å². The largest absolute Gasteiger partial charge is 0.489 e. The maximum absolute atomic E-state index is 5.92. The van der Waals surface area contributed by atoms with E-state index in [0.29, 0.717) is 12.6 Å². The predicted molar refractivity (Wildman–Crippen MR) is 116 cm³/mol. The minimum absolute atomic E-state index is 0.101. The highest BCUT2D eigenvalue weighted by Crippen LogP contribution is 2.32. The molecule has 5 rings (SSSR count). The minimum atomic E-state index is -0.101. The van der Waals surface area contributed by atoms with Crippen molar-refractivity contribution in [3.63, 3.8) is 0 Å². The lowest BCUT2D eigenvalue weighted by atomic mass is 10.0. The number of nitrogens with zero attached hydrogens (tertiary/aromatic N) is 4. The fourth-order valence-corrected chi connectivity index (χ4v) is 3.49. The Morgan fingerprint density at radius 3 is 2.47 bits per heavy atom. The third-order valence-corrected chi connectivity index (χ3v) is 5.16. The quantitative estimate of drug-likeness (QED) is 0.534. The molecular formula is C24H21N5O. The summed E-state index contributed by atoms with van der Waals surface area (Å²) in [4.78, 5) is 0. The van der Waals surface area contributed by atoms with Gasteiger partial charge in [0.05, 0.1) is 0 Å². The molecule has 0 radical (unpaired) electrons. The highest BCUT2D eigenvalue weighted by Gasteiger charge is 2.24. The molecule has 0 fully saturated rings. The van der Waals surface area contributed by atoms with E-state index in [2.05, 4.69) is 82.4 Å². The number of ether oxygens (including phenoxy) is 1. The first-order valence-corrected chi connectivity index (χ1v) is 9.87. The van der Waals surface area contributed by atoms with Crippen LogP contribution in [0.2, 0.25) is 0 Å². The Morgan fingerprint density at radius 2 is 1.70 bits per heavy atom. The summed E-state index contributed by atoms with van der Waals surface area (Å²) in [5.74, 6) is 1.46. The molecule has 1 aromatic heterocycles. The van der Waals surface area contributed by atoms with Crippen LogP contribution in [0.4, 0.5) is 5.95 Å². The van der Waals surface area contributed by atoms with Crippen LogP contribution >= 0.6 is 0 Å². The molecule has 3 aromatic carbocycles.